The number of likely N-dealkylation sites (tertiary alicyclic amines) is 1. The number of nitrogens with one attached hydrogen (secondary N) is 2. The van der Waals surface area contributed by atoms with Crippen LogP contribution in [0.3, 0.4) is 0 Å². The smallest absolute Gasteiger partial charge is 0.262 e. The summed E-state index contributed by atoms with van der Waals surface area (Å²) in [6, 6.07) is 17.5. The van der Waals surface area contributed by atoms with Crippen molar-refractivity contribution in [3.8, 4) is 28.3 Å². The van der Waals surface area contributed by atoms with Crippen LogP contribution in [0.4, 0.5) is 0 Å². The highest BCUT2D eigenvalue weighted by Crippen LogP contribution is 2.30. The summed E-state index contributed by atoms with van der Waals surface area (Å²) in [5.41, 5.74) is 3.36. The van der Waals surface area contributed by atoms with Crippen molar-refractivity contribution in [2.45, 2.75) is 103 Å². The third-order valence-corrected chi connectivity index (χ3v) is 11.0. The molecule has 1 fully saturated rings. The summed E-state index contributed by atoms with van der Waals surface area (Å²) in [4.78, 5) is 52.8. The number of rotatable bonds is 17. The molecule has 2 unspecified atom stereocenters. The lowest BCUT2D eigenvalue weighted by Crippen LogP contribution is -2.54. The van der Waals surface area contributed by atoms with Crippen LogP contribution in [-0.2, 0) is 21.4 Å². The van der Waals surface area contributed by atoms with Gasteiger partial charge >= 0.3 is 0 Å². The molecule has 1 saturated heterocycles. The maximum atomic E-state index is 14.1. The second kappa shape index (κ2) is 19.1. The lowest BCUT2D eigenvalue weighted by Gasteiger charge is -2.29. The van der Waals surface area contributed by atoms with Crippen molar-refractivity contribution in [2.24, 2.45) is 0 Å². The molecule has 0 radical (unpaired) electrons. The number of nitrogens with zero attached hydrogens (tertiary/aromatic N) is 3. The number of hydrogen-bond donors (Lipinski definition) is 4. The largest absolute Gasteiger partial charge is 0.494 e. The van der Waals surface area contributed by atoms with Gasteiger partial charge in [-0.25, -0.2) is 9.97 Å². The Bertz CT molecular complexity index is 1820. The molecule has 3 amide bonds. The number of thiophene rings is 1. The first-order valence-electron chi connectivity index (χ1n) is 18.9. The number of aliphatic hydroxyl groups is 2. The highest BCUT2D eigenvalue weighted by atomic mass is 32.1. The first kappa shape index (κ1) is 40.5. The van der Waals surface area contributed by atoms with Gasteiger partial charge in [-0.05, 0) is 60.1 Å². The van der Waals surface area contributed by atoms with E-state index in [-0.39, 0.29) is 30.2 Å². The molecular formula is C42H53N5O6S. The van der Waals surface area contributed by atoms with Crippen molar-refractivity contribution in [3.05, 3.63) is 88.4 Å². The molecule has 1 aliphatic heterocycles. The first-order chi connectivity index (χ1) is 25.9. The van der Waals surface area contributed by atoms with Gasteiger partial charge in [-0.2, -0.15) is 0 Å². The molecule has 4 aromatic rings. The van der Waals surface area contributed by atoms with E-state index in [2.05, 4.69) is 48.3 Å². The molecule has 4 N–H and O–H groups in total. The Hall–Kier alpha value is -4.65. The van der Waals surface area contributed by atoms with Gasteiger partial charge in [-0.3, -0.25) is 14.4 Å². The zero-order chi connectivity index (χ0) is 38.7. The van der Waals surface area contributed by atoms with Crippen LogP contribution in [0.2, 0.25) is 0 Å². The summed E-state index contributed by atoms with van der Waals surface area (Å²) >= 11 is 1.39. The van der Waals surface area contributed by atoms with E-state index >= 15 is 0 Å². The van der Waals surface area contributed by atoms with E-state index < -0.39 is 24.3 Å². The summed E-state index contributed by atoms with van der Waals surface area (Å²) in [6.07, 6.45) is 9.12. The number of unbranched alkanes of at least 4 members (excludes halogenated alkanes) is 4. The van der Waals surface area contributed by atoms with Crippen molar-refractivity contribution in [1.82, 2.24) is 25.5 Å². The molecule has 2 atom stereocenters. The quantitative estimate of drug-likeness (QED) is 0.0726. The lowest BCUT2D eigenvalue weighted by atomic mass is 9.95. The Kier molecular flexibility index (Phi) is 14.3. The van der Waals surface area contributed by atoms with Gasteiger partial charge < -0.3 is 30.5 Å². The minimum atomic E-state index is -1.70. The van der Waals surface area contributed by atoms with Gasteiger partial charge in [0.05, 0.1) is 18.0 Å². The van der Waals surface area contributed by atoms with E-state index in [1.807, 2.05) is 54.6 Å². The van der Waals surface area contributed by atoms with Gasteiger partial charge in [0, 0.05) is 41.4 Å². The molecule has 0 aliphatic carbocycles. The van der Waals surface area contributed by atoms with Crippen molar-refractivity contribution in [2.75, 3.05) is 19.7 Å². The number of aliphatic hydroxyl groups excluding tert-OH is 1. The maximum absolute atomic E-state index is 14.1. The summed E-state index contributed by atoms with van der Waals surface area (Å²) < 4.78 is 5.90. The van der Waals surface area contributed by atoms with Crippen LogP contribution in [0.5, 0.6) is 5.75 Å². The van der Waals surface area contributed by atoms with Crippen molar-refractivity contribution in [3.63, 3.8) is 0 Å². The molecule has 5 rings (SSSR count). The van der Waals surface area contributed by atoms with Crippen molar-refractivity contribution >= 4 is 29.1 Å². The zero-order valence-corrected chi connectivity index (χ0v) is 32.5. The molecule has 288 valence electrons. The molecule has 3 heterocycles. The number of carbonyl (C=O) groups is 3. The fourth-order valence-electron chi connectivity index (χ4n) is 6.40. The topological polar surface area (TPSA) is 154 Å². The van der Waals surface area contributed by atoms with Crippen LogP contribution in [0.15, 0.2) is 73.1 Å². The molecule has 54 heavy (non-hydrogen) atoms. The van der Waals surface area contributed by atoms with Crippen LogP contribution in [-0.4, -0.2) is 80.9 Å². The van der Waals surface area contributed by atoms with Crippen LogP contribution in [0.25, 0.3) is 22.5 Å². The third-order valence-electron chi connectivity index (χ3n) is 9.48. The maximum Gasteiger partial charge on any atom is 0.262 e. The molecular weight excluding hydrogens is 703 g/mol. The van der Waals surface area contributed by atoms with Gasteiger partial charge in [-0.1, -0.05) is 89.8 Å². The Morgan fingerprint density at radius 3 is 2.24 bits per heavy atom. The van der Waals surface area contributed by atoms with Crippen LogP contribution < -0.4 is 15.4 Å². The second-order valence-electron chi connectivity index (χ2n) is 14.8. The normalized spacial score (nSPS) is 14.9. The number of benzene rings is 2. The average Bonchev–Trinajstić information content (AvgIpc) is 3.87. The molecule has 0 saturated carbocycles. The number of carbonyl (C=O) groups excluding carboxylic acids is 3. The SMILES string of the molecule is CCCCCCCOc1ccc(-c2cnc(-c3ccc(CC(NC(=O)c4ccc(C(C)(C)C)s4)C(=O)N4CCCC4C(=O)NCC(O)O)cc3)nc2)cc1. The van der Waals surface area contributed by atoms with Crippen LogP contribution in [0, 0.1) is 0 Å². The van der Waals surface area contributed by atoms with E-state index in [0.717, 1.165) is 45.9 Å². The fraction of sp³-hybridized carbons (Fsp3) is 0.452. The summed E-state index contributed by atoms with van der Waals surface area (Å²) in [7, 11) is 0. The van der Waals surface area contributed by atoms with E-state index in [1.54, 1.807) is 18.5 Å². The lowest BCUT2D eigenvalue weighted by molar-refractivity contribution is -0.140. The zero-order valence-electron chi connectivity index (χ0n) is 31.7. The number of hydrogen-bond acceptors (Lipinski definition) is 9. The highest BCUT2D eigenvalue weighted by molar-refractivity contribution is 7.14. The van der Waals surface area contributed by atoms with Crippen LogP contribution >= 0.6 is 11.3 Å². The molecule has 11 nitrogen and oxygen atoms in total. The number of aromatic nitrogens is 2. The van der Waals surface area contributed by atoms with Gasteiger partial charge in [0.2, 0.25) is 11.8 Å². The summed E-state index contributed by atoms with van der Waals surface area (Å²) in [5, 5.41) is 23.9. The molecule has 12 heteroatoms. The molecule has 1 aliphatic rings. The Balaban J connectivity index is 1.26. The Morgan fingerprint density at radius 1 is 0.907 bits per heavy atom. The van der Waals surface area contributed by atoms with Crippen molar-refractivity contribution in [1.29, 1.82) is 0 Å². The summed E-state index contributed by atoms with van der Waals surface area (Å²) in [5.74, 6) is 0.212. The van der Waals surface area contributed by atoms with Crippen LogP contribution in [0.1, 0.15) is 92.8 Å². The summed E-state index contributed by atoms with van der Waals surface area (Å²) in [6.45, 7) is 9.18. The van der Waals surface area contributed by atoms with Gasteiger partial charge in [-0.15, -0.1) is 11.3 Å². The minimum absolute atomic E-state index is 0.129. The minimum Gasteiger partial charge on any atom is -0.494 e. The Morgan fingerprint density at radius 2 is 1.59 bits per heavy atom. The van der Waals surface area contributed by atoms with E-state index in [0.29, 0.717) is 30.1 Å². The first-order valence-corrected chi connectivity index (χ1v) is 19.7. The molecule has 2 aromatic carbocycles. The van der Waals surface area contributed by atoms with Gasteiger partial charge in [0.25, 0.3) is 5.91 Å². The van der Waals surface area contributed by atoms with E-state index in [9.17, 15) is 24.6 Å². The van der Waals surface area contributed by atoms with Crippen molar-refractivity contribution < 1.29 is 29.3 Å². The third kappa shape index (κ3) is 11.2. The standard InChI is InChI=1S/C42H53N5O6S/c1-5-6-7-8-9-23-53-32-18-16-29(17-19-32)31-25-43-38(44-26-31)30-14-12-28(13-15-30)24-33(46-40(51)35-20-21-36(54-35)42(2,3)4)41(52)47-22-10-11-34(47)39(50)45-27-37(48)49/h12-21,25-26,33-34,37,48-49H,5-11,22-24,27H2,1-4H3,(H,45,50)(H,46,51). The predicted octanol–water partition coefficient (Wildman–Crippen LogP) is 6.28. The average molecular weight is 756 g/mol. The number of amides is 3. The molecule has 0 bridgehead atoms. The predicted molar refractivity (Wildman–Crippen MR) is 211 cm³/mol. The highest BCUT2D eigenvalue weighted by Gasteiger charge is 2.38. The van der Waals surface area contributed by atoms with E-state index in [1.165, 1.54) is 41.9 Å². The van der Waals surface area contributed by atoms with Gasteiger partial charge in [0.1, 0.15) is 17.8 Å². The fourth-order valence-corrected chi connectivity index (χ4v) is 7.36. The Labute approximate surface area is 322 Å². The molecule has 0 spiro atoms. The molecule has 2 aromatic heterocycles. The second-order valence-corrected chi connectivity index (χ2v) is 15.9. The van der Waals surface area contributed by atoms with Gasteiger partial charge in [0.15, 0.2) is 12.1 Å². The number of ether oxygens (including phenoxy) is 1. The van der Waals surface area contributed by atoms with E-state index in [4.69, 9.17) is 4.74 Å². The monoisotopic (exact) mass is 755 g/mol.